The highest BCUT2D eigenvalue weighted by Crippen LogP contribution is 2.69. The largest absolute Gasteiger partial charge is 0.505 e. The van der Waals surface area contributed by atoms with Gasteiger partial charge in [0.15, 0.2) is 0 Å². The molecule has 2 aromatic rings. The molecule has 2 aromatic carbocycles. The van der Waals surface area contributed by atoms with Gasteiger partial charge in [-0.05, 0) is 170 Å². The van der Waals surface area contributed by atoms with Crippen LogP contribution in [0.4, 0.5) is 0 Å². The average molecular weight is 782 g/mol. The molecule has 6 nitrogen and oxygen atoms in total. The van der Waals surface area contributed by atoms with Gasteiger partial charge >= 0.3 is 11.9 Å². The van der Waals surface area contributed by atoms with Gasteiger partial charge in [-0.15, -0.1) is 0 Å². The zero-order chi connectivity index (χ0) is 39.1. The van der Waals surface area contributed by atoms with Gasteiger partial charge in [-0.25, -0.2) is 9.59 Å². The number of fused-ring (bicyclic) bond motifs is 5. The molecule has 0 heterocycles. The number of carbonyl (C=O) groups is 2. The number of unbranched alkanes of at least 4 members (excludes halogenated alkanes) is 1. The predicted molar refractivity (Wildman–Crippen MR) is 218 cm³/mol. The van der Waals surface area contributed by atoms with Gasteiger partial charge < -0.3 is 20.4 Å². The highest BCUT2D eigenvalue weighted by Gasteiger charge is 2.60. The topological polar surface area (TPSA) is 115 Å². The minimum atomic E-state index is -1.33. The molecule has 0 radical (unpaired) electrons. The standard InChI is InChI=1S/C46H62Cl2O6/c1-26(2)9-8-10-27(3)36-15-16-37-33-14-13-31-21-28(17-19-45(31,4)38(33)18-20-46(36,37)5)11-6-7-12-32(29-22-34(43(51)52)41(49)39(47)24-29)30-23-35(44(53)54)42(50)40(48)25-30/h12,22-28,31,33,36-38,49-50H,6-11,13-21H2,1-5H3,(H,51,52)(H,53,54)/t27-,28?,31?,33+,36-,37+,38+,45+,46-/m1/s1. The minimum Gasteiger partial charge on any atom is -0.505 e. The zero-order valence-electron chi connectivity index (χ0n) is 33.0. The van der Waals surface area contributed by atoms with Gasteiger partial charge in [0.05, 0.1) is 10.0 Å². The summed E-state index contributed by atoms with van der Waals surface area (Å²) in [4.78, 5) is 23.9. The first kappa shape index (κ1) is 40.9. The smallest absolute Gasteiger partial charge is 0.339 e. The summed E-state index contributed by atoms with van der Waals surface area (Å²) in [5, 5.41) is 39.9. The Morgan fingerprint density at radius 3 is 1.96 bits per heavy atom. The number of rotatable bonds is 13. The summed E-state index contributed by atoms with van der Waals surface area (Å²) < 4.78 is 0. The molecule has 4 N–H and O–H groups in total. The van der Waals surface area contributed by atoms with Crippen molar-refractivity contribution in [2.24, 2.45) is 58.2 Å². The number of phenols is 2. The third kappa shape index (κ3) is 7.95. The number of allylic oxidation sites excluding steroid dienone is 1. The van der Waals surface area contributed by atoms with Crippen LogP contribution in [0, 0.1) is 58.2 Å². The van der Waals surface area contributed by atoms with E-state index in [0.29, 0.717) is 39.9 Å². The van der Waals surface area contributed by atoms with Crippen molar-refractivity contribution >= 4 is 40.7 Å². The molecule has 4 aliphatic rings. The van der Waals surface area contributed by atoms with E-state index in [-0.39, 0.29) is 21.2 Å². The Labute approximate surface area is 332 Å². The molecule has 9 atom stereocenters. The van der Waals surface area contributed by atoms with E-state index in [1.165, 1.54) is 101 Å². The van der Waals surface area contributed by atoms with Crippen molar-refractivity contribution in [1.82, 2.24) is 0 Å². The Kier molecular flexibility index (Phi) is 12.4. The molecule has 4 fully saturated rings. The number of hydrogen-bond acceptors (Lipinski definition) is 4. The van der Waals surface area contributed by atoms with Crippen LogP contribution < -0.4 is 0 Å². The maximum atomic E-state index is 11.9. The first-order valence-corrected chi connectivity index (χ1v) is 21.5. The molecule has 4 aliphatic carbocycles. The molecule has 0 bridgehead atoms. The molecule has 0 spiro atoms. The molecule has 0 aliphatic heterocycles. The molecule has 0 amide bonds. The van der Waals surface area contributed by atoms with Gasteiger partial charge in [-0.2, -0.15) is 0 Å². The molecular formula is C46H62Cl2O6. The summed E-state index contributed by atoms with van der Waals surface area (Å²) in [6.45, 7) is 12.6. The number of aromatic hydroxyl groups is 2. The van der Waals surface area contributed by atoms with Crippen LogP contribution in [0.5, 0.6) is 11.5 Å². The molecular weight excluding hydrogens is 719 g/mol. The highest BCUT2D eigenvalue weighted by molar-refractivity contribution is 6.33. The van der Waals surface area contributed by atoms with Crippen LogP contribution in [0.1, 0.15) is 163 Å². The zero-order valence-corrected chi connectivity index (χ0v) is 34.5. The monoisotopic (exact) mass is 780 g/mol. The van der Waals surface area contributed by atoms with Crippen molar-refractivity contribution in [2.45, 2.75) is 131 Å². The number of carboxylic acid groups (broad SMARTS) is 2. The Morgan fingerprint density at radius 1 is 0.778 bits per heavy atom. The lowest BCUT2D eigenvalue weighted by Crippen LogP contribution is -2.53. The van der Waals surface area contributed by atoms with E-state index in [1.807, 2.05) is 6.08 Å². The first-order chi connectivity index (χ1) is 25.5. The summed E-state index contributed by atoms with van der Waals surface area (Å²) in [5.74, 6) is 2.90. The summed E-state index contributed by atoms with van der Waals surface area (Å²) in [6.07, 6.45) is 21.1. The average Bonchev–Trinajstić information content (AvgIpc) is 3.47. The lowest BCUT2D eigenvalue weighted by molar-refractivity contribution is -0.121. The third-order valence-electron chi connectivity index (χ3n) is 15.4. The quantitative estimate of drug-likeness (QED) is 0.150. The van der Waals surface area contributed by atoms with E-state index in [4.69, 9.17) is 23.2 Å². The Hall–Kier alpha value is -2.70. The van der Waals surface area contributed by atoms with Crippen LogP contribution in [0.3, 0.4) is 0 Å². The van der Waals surface area contributed by atoms with Crippen LogP contribution in [0.2, 0.25) is 10.0 Å². The number of benzene rings is 2. The van der Waals surface area contributed by atoms with E-state index in [9.17, 15) is 30.0 Å². The Morgan fingerprint density at radius 2 is 1.37 bits per heavy atom. The lowest BCUT2D eigenvalue weighted by Gasteiger charge is -2.61. The van der Waals surface area contributed by atoms with Gasteiger partial charge in [-0.3, -0.25) is 0 Å². The molecule has 2 unspecified atom stereocenters. The van der Waals surface area contributed by atoms with E-state index >= 15 is 0 Å². The van der Waals surface area contributed by atoms with Crippen molar-refractivity contribution in [2.75, 3.05) is 0 Å². The van der Waals surface area contributed by atoms with Crippen LogP contribution >= 0.6 is 23.2 Å². The van der Waals surface area contributed by atoms with E-state index in [0.717, 1.165) is 54.3 Å². The molecule has 0 aromatic heterocycles. The fourth-order valence-corrected chi connectivity index (χ4v) is 13.0. The van der Waals surface area contributed by atoms with Gasteiger partial charge in [0, 0.05) is 0 Å². The number of aromatic carboxylic acids is 2. The SMILES string of the molecule is CC(C)CCC[C@@H](C)[C@H]1CC[C@H]2[C@@H]3CCC4CC(CCCC=C(c5cc(Cl)c(O)c(C(=O)O)c5)c5cc(Cl)c(O)c(C(=O)O)c5)CC[C@]4(C)[C@H]3CC[C@]12C. The predicted octanol–water partition coefficient (Wildman–Crippen LogP) is 13.1. The van der Waals surface area contributed by atoms with Crippen LogP contribution in [-0.4, -0.2) is 32.4 Å². The minimum absolute atomic E-state index is 0.124. The van der Waals surface area contributed by atoms with Gasteiger partial charge in [0.25, 0.3) is 0 Å². The highest BCUT2D eigenvalue weighted by atomic mass is 35.5. The Bertz CT molecular complexity index is 1680. The summed E-state index contributed by atoms with van der Waals surface area (Å²) >= 11 is 12.6. The normalized spacial score (nSPS) is 31.0. The fourth-order valence-electron chi connectivity index (χ4n) is 12.5. The van der Waals surface area contributed by atoms with Crippen LogP contribution in [0.15, 0.2) is 30.3 Å². The van der Waals surface area contributed by atoms with Crippen molar-refractivity contribution in [3.63, 3.8) is 0 Å². The number of hydrogen-bond donors (Lipinski definition) is 4. The molecule has 54 heavy (non-hydrogen) atoms. The summed E-state index contributed by atoms with van der Waals surface area (Å²) in [7, 11) is 0. The van der Waals surface area contributed by atoms with Crippen molar-refractivity contribution in [3.05, 3.63) is 62.6 Å². The molecule has 8 heteroatoms. The summed E-state index contributed by atoms with van der Waals surface area (Å²) in [6, 6.07) is 5.62. The molecule has 0 saturated heterocycles. The van der Waals surface area contributed by atoms with Gasteiger partial charge in [0.2, 0.25) is 0 Å². The lowest BCUT2D eigenvalue weighted by atomic mass is 9.44. The third-order valence-corrected chi connectivity index (χ3v) is 15.9. The van der Waals surface area contributed by atoms with E-state index < -0.39 is 23.4 Å². The van der Waals surface area contributed by atoms with Crippen LogP contribution in [0.25, 0.3) is 5.57 Å². The maximum absolute atomic E-state index is 11.9. The van der Waals surface area contributed by atoms with Crippen molar-refractivity contribution in [1.29, 1.82) is 0 Å². The van der Waals surface area contributed by atoms with E-state index in [1.54, 1.807) is 0 Å². The molecule has 4 saturated carbocycles. The first-order valence-electron chi connectivity index (χ1n) is 20.8. The maximum Gasteiger partial charge on any atom is 0.339 e. The van der Waals surface area contributed by atoms with Crippen molar-refractivity contribution in [3.8, 4) is 11.5 Å². The van der Waals surface area contributed by atoms with E-state index in [2.05, 4.69) is 34.6 Å². The van der Waals surface area contributed by atoms with Gasteiger partial charge in [0.1, 0.15) is 22.6 Å². The Balaban J connectivity index is 1.12. The van der Waals surface area contributed by atoms with Crippen molar-refractivity contribution < 1.29 is 30.0 Å². The van der Waals surface area contributed by atoms with Gasteiger partial charge in [-0.1, -0.05) is 89.6 Å². The second-order valence-electron chi connectivity index (χ2n) is 18.7. The fraction of sp³-hybridized carbons (Fsp3) is 0.652. The summed E-state index contributed by atoms with van der Waals surface area (Å²) in [5.41, 5.74) is 1.62. The molecule has 6 rings (SSSR count). The molecule has 296 valence electrons. The number of halogens is 2. The number of carboxylic acids is 2. The second kappa shape index (κ2) is 16.4. The van der Waals surface area contributed by atoms with Crippen LogP contribution in [-0.2, 0) is 0 Å². The second-order valence-corrected chi connectivity index (χ2v) is 19.5.